The van der Waals surface area contributed by atoms with Gasteiger partial charge in [-0.05, 0) is 78.3 Å². The summed E-state index contributed by atoms with van der Waals surface area (Å²) in [6, 6.07) is 19.1. The van der Waals surface area contributed by atoms with Crippen LogP contribution >= 0.6 is 38.9 Å². The lowest BCUT2D eigenvalue weighted by Crippen LogP contribution is -2.11. The fourth-order valence-corrected chi connectivity index (χ4v) is 4.76. The van der Waals surface area contributed by atoms with Crippen LogP contribution in [-0.4, -0.2) is 15.5 Å². The molecule has 0 atom stereocenters. The molecule has 0 saturated heterocycles. The van der Waals surface area contributed by atoms with E-state index in [0.29, 0.717) is 15.7 Å². The van der Waals surface area contributed by atoms with Crippen molar-refractivity contribution in [1.82, 2.24) is 9.55 Å². The van der Waals surface area contributed by atoms with Gasteiger partial charge in [0.2, 0.25) is 0 Å². The number of benzene rings is 2. The van der Waals surface area contributed by atoms with Gasteiger partial charge in [0, 0.05) is 33.2 Å². The van der Waals surface area contributed by atoms with E-state index < -0.39 is 0 Å². The molecule has 0 aliphatic rings. The molecule has 7 heteroatoms. The zero-order chi connectivity index (χ0) is 20.5. The smallest absolute Gasteiger partial charge is 0.257 e. The summed E-state index contributed by atoms with van der Waals surface area (Å²) in [5.74, 6) is -0.193. The van der Waals surface area contributed by atoms with Gasteiger partial charge in [-0.1, -0.05) is 35.1 Å². The summed E-state index contributed by atoms with van der Waals surface area (Å²) in [7, 11) is 0. The SMILES string of the molecule is Cc1ccc(C)n1-c1ccc(C(=O)Nc2nc(-c3ccc(Cl)cc3)c(Br)s2)cc1. The Morgan fingerprint density at radius 1 is 1.00 bits per heavy atom. The van der Waals surface area contributed by atoms with E-state index in [1.54, 1.807) is 0 Å². The second-order valence-corrected chi connectivity index (χ2v) is 9.35. The van der Waals surface area contributed by atoms with Crippen LogP contribution in [0.1, 0.15) is 21.7 Å². The topological polar surface area (TPSA) is 46.9 Å². The molecule has 4 nitrogen and oxygen atoms in total. The average Bonchev–Trinajstić information content (AvgIpc) is 3.24. The lowest BCUT2D eigenvalue weighted by molar-refractivity contribution is 0.102. The van der Waals surface area contributed by atoms with Gasteiger partial charge >= 0.3 is 0 Å². The Morgan fingerprint density at radius 3 is 2.24 bits per heavy atom. The van der Waals surface area contributed by atoms with Gasteiger partial charge in [-0.2, -0.15) is 0 Å². The van der Waals surface area contributed by atoms with Gasteiger partial charge in [0.15, 0.2) is 5.13 Å². The molecule has 2 aromatic heterocycles. The van der Waals surface area contributed by atoms with Gasteiger partial charge < -0.3 is 4.57 Å². The second kappa shape index (κ2) is 8.14. The Bertz CT molecular complexity index is 1160. The molecule has 4 aromatic rings. The van der Waals surface area contributed by atoms with Crippen molar-refractivity contribution in [1.29, 1.82) is 0 Å². The minimum atomic E-state index is -0.193. The van der Waals surface area contributed by atoms with Crippen molar-refractivity contribution in [3.8, 4) is 16.9 Å². The number of hydrogen-bond acceptors (Lipinski definition) is 3. The molecule has 0 spiro atoms. The summed E-state index contributed by atoms with van der Waals surface area (Å²) in [5.41, 5.74) is 5.62. The van der Waals surface area contributed by atoms with Crippen LogP contribution in [0.3, 0.4) is 0 Å². The van der Waals surface area contributed by atoms with Crippen molar-refractivity contribution in [2.45, 2.75) is 13.8 Å². The lowest BCUT2D eigenvalue weighted by Gasteiger charge is -2.10. The number of aromatic nitrogens is 2. The number of halogens is 2. The number of amides is 1. The molecule has 2 aromatic carbocycles. The van der Waals surface area contributed by atoms with Crippen LogP contribution < -0.4 is 5.32 Å². The first kappa shape index (κ1) is 19.9. The molecule has 0 aliphatic heterocycles. The molecule has 0 saturated carbocycles. The largest absolute Gasteiger partial charge is 0.319 e. The van der Waals surface area contributed by atoms with Crippen molar-refractivity contribution in [2.24, 2.45) is 0 Å². The molecule has 0 radical (unpaired) electrons. The molecule has 4 rings (SSSR count). The van der Waals surface area contributed by atoms with Gasteiger partial charge in [-0.3, -0.25) is 10.1 Å². The first-order valence-corrected chi connectivity index (χ1v) is 10.9. The van der Waals surface area contributed by atoms with Crippen LogP contribution in [0.25, 0.3) is 16.9 Å². The van der Waals surface area contributed by atoms with E-state index in [9.17, 15) is 4.79 Å². The van der Waals surface area contributed by atoms with Crippen molar-refractivity contribution < 1.29 is 4.79 Å². The quantitative estimate of drug-likeness (QED) is 0.341. The Hall–Kier alpha value is -2.41. The van der Waals surface area contributed by atoms with Gasteiger partial charge in [0.1, 0.15) is 0 Å². The third kappa shape index (κ3) is 4.15. The van der Waals surface area contributed by atoms with Crippen LogP contribution in [-0.2, 0) is 0 Å². The van der Waals surface area contributed by atoms with E-state index in [2.05, 4.69) is 56.8 Å². The van der Waals surface area contributed by atoms with Crippen molar-refractivity contribution >= 4 is 49.9 Å². The molecule has 2 heterocycles. The number of rotatable bonds is 4. The zero-order valence-electron chi connectivity index (χ0n) is 15.7. The standard InChI is InChI=1S/C22H17BrClN3OS/c1-13-3-4-14(2)27(13)18-11-7-16(8-12-18)21(28)26-22-25-19(20(23)29-22)15-5-9-17(24)10-6-15/h3-12H,1-2H3,(H,25,26,28). The number of nitrogens with zero attached hydrogens (tertiary/aromatic N) is 2. The summed E-state index contributed by atoms with van der Waals surface area (Å²) in [6.45, 7) is 4.12. The zero-order valence-corrected chi connectivity index (χ0v) is 18.9. The lowest BCUT2D eigenvalue weighted by atomic mass is 10.2. The number of aryl methyl sites for hydroxylation is 2. The van der Waals surface area contributed by atoms with Crippen LogP contribution in [0, 0.1) is 13.8 Å². The van der Waals surface area contributed by atoms with E-state index >= 15 is 0 Å². The van der Waals surface area contributed by atoms with Crippen LogP contribution in [0.5, 0.6) is 0 Å². The second-order valence-electron chi connectivity index (χ2n) is 6.60. The summed E-state index contributed by atoms with van der Waals surface area (Å²) in [5, 5.41) is 4.09. The molecule has 0 aliphatic carbocycles. The van der Waals surface area contributed by atoms with E-state index in [1.807, 2.05) is 48.5 Å². The van der Waals surface area contributed by atoms with Gasteiger partial charge in [-0.15, -0.1) is 0 Å². The van der Waals surface area contributed by atoms with Gasteiger partial charge in [0.05, 0.1) is 9.48 Å². The summed E-state index contributed by atoms with van der Waals surface area (Å²) in [4.78, 5) is 17.2. The normalized spacial score (nSPS) is 10.9. The van der Waals surface area contributed by atoms with Crippen LogP contribution in [0.2, 0.25) is 5.02 Å². The molecule has 0 bridgehead atoms. The summed E-state index contributed by atoms with van der Waals surface area (Å²) < 4.78 is 3.00. The predicted octanol–water partition coefficient (Wildman–Crippen LogP) is 6.89. The average molecular weight is 487 g/mol. The Kier molecular flexibility index (Phi) is 5.58. The van der Waals surface area contributed by atoms with Crippen LogP contribution in [0.4, 0.5) is 5.13 Å². The molecule has 1 N–H and O–H groups in total. The molecule has 0 fully saturated rings. The molecular weight excluding hydrogens is 470 g/mol. The Balaban J connectivity index is 1.53. The summed E-state index contributed by atoms with van der Waals surface area (Å²) in [6.07, 6.45) is 0. The highest BCUT2D eigenvalue weighted by Crippen LogP contribution is 2.36. The van der Waals surface area contributed by atoms with Gasteiger partial charge in [-0.25, -0.2) is 4.98 Å². The van der Waals surface area contributed by atoms with E-state index in [0.717, 1.165) is 32.1 Å². The highest BCUT2D eigenvalue weighted by atomic mass is 79.9. The highest BCUT2D eigenvalue weighted by molar-refractivity contribution is 9.11. The Labute approximate surface area is 186 Å². The molecular formula is C22H17BrClN3OS. The number of carbonyl (C=O) groups excluding carboxylic acids is 1. The third-order valence-electron chi connectivity index (χ3n) is 4.58. The van der Waals surface area contributed by atoms with Crippen molar-refractivity contribution in [2.75, 3.05) is 5.32 Å². The minimum Gasteiger partial charge on any atom is -0.319 e. The molecule has 1 amide bonds. The highest BCUT2D eigenvalue weighted by Gasteiger charge is 2.14. The van der Waals surface area contributed by atoms with E-state index in [-0.39, 0.29) is 5.91 Å². The van der Waals surface area contributed by atoms with Crippen LogP contribution in [0.15, 0.2) is 64.5 Å². The first-order chi connectivity index (χ1) is 13.9. The van der Waals surface area contributed by atoms with Crippen molar-refractivity contribution in [3.05, 3.63) is 86.4 Å². The number of nitrogens with one attached hydrogen (secondary N) is 1. The molecule has 146 valence electrons. The Morgan fingerprint density at radius 2 is 1.62 bits per heavy atom. The predicted molar refractivity (Wildman–Crippen MR) is 123 cm³/mol. The van der Waals surface area contributed by atoms with Crippen molar-refractivity contribution in [3.63, 3.8) is 0 Å². The van der Waals surface area contributed by atoms with E-state index in [4.69, 9.17) is 11.6 Å². The fraction of sp³-hybridized carbons (Fsp3) is 0.0909. The maximum absolute atomic E-state index is 12.7. The number of hydrogen-bond donors (Lipinski definition) is 1. The van der Waals surface area contributed by atoms with E-state index in [1.165, 1.54) is 11.3 Å². The third-order valence-corrected chi connectivity index (χ3v) is 6.46. The minimum absolute atomic E-state index is 0.193. The van der Waals surface area contributed by atoms with Gasteiger partial charge in [0.25, 0.3) is 5.91 Å². The summed E-state index contributed by atoms with van der Waals surface area (Å²) >= 11 is 10.9. The maximum atomic E-state index is 12.7. The number of anilines is 1. The first-order valence-electron chi connectivity index (χ1n) is 8.91. The molecule has 29 heavy (non-hydrogen) atoms. The monoisotopic (exact) mass is 485 g/mol. The maximum Gasteiger partial charge on any atom is 0.257 e. The fourth-order valence-electron chi connectivity index (χ4n) is 3.15. The molecule has 0 unspecified atom stereocenters. The number of thiazole rings is 1. The number of carbonyl (C=O) groups is 1.